The van der Waals surface area contributed by atoms with Gasteiger partial charge >= 0.3 is 0 Å². The van der Waals surface area contributed by atoms with Gasteiger partial charge in [-0.3, -0.25) is 0 Å². The van der Waals surface area contributed by atoms with Crippen LogP contribution in [0.25, 0.3) is 0 Å². The minimum Gasteiger partial charge on any atom is -0.396 e. The van der Waals surface area contributed by atoms with Crippen LogP contribution in [0.2, 0.25) is 0 Å². The van der Waals surface area contributed by atoms with Gasteiger partial charge in [-0.25, -0.2) is 0 Å². The number of hydrogen-bond acceptors (Lipinski definition) is 4. The molecular formula is C13H26O2S2. The molecule has 1 saturated heterocycles. The Labute approximate surface area is 114 Å². The van der Waals surface area contributed by atoms with Crippen molar-refractivity contribution in [1.82, 2.24) is 0 Å². The molecule has 2 N–H and O–H groups in total. The van der Waals surface area contributed by atoms with E-state index in [1.54, 1.807) is 0 Å². The molecule has 1 aliphatic rings. The normalized spacial score (nSPS) is 25.2. The third-order valence-electron chi connectivity index (χ3n) is 3.52. The Hall–Kier alpha value is 0.620. The van der Waals surface area contributed by atoms with Gasteiger partial charge in [0, 0.05) is 12.5 Å². The van der Waals surface area contributed by atoms with Crippen molar-refractivity contribution in [2.45, 2.75) is 44.3 Å². The van der Waals surface area contributed by atoms with Crippen LogP contribution in [0.15, 0.2) is 0 Å². The lowest BCUT2D eigenvalue weighted by molar-refractivity contribution is 0.0297. The molecule has 102 valence electrons. The molecule has 0 saturated carbocycles. The fourth-order valence-corrected chi connectivity index (χ4v) is 5.45. The maximum atomic E-state index is 10.1. The predicted molar refractivity (Wildman–Crippen MR) is 78.5 cm³/mol. The standard InChI is InChI=1S/C13H26O2S2/c1-9(12(15)11(3)8-14)7-10(2)13-16-5-4-6-17-13/h9-15H,4-8H2,1-3H3/t9-,10-,11-,12+/m1/s1. The van der Waals surface area contributed by atoms with Gasteiger partial charge < -0.3 is 10.2 Å². The van der Waals surface area contributed by atoms with Crippen LogP contribution in [-0.4, -0.2) is 39.0 Å². The summed E-state index contributed by atoms with van der Waals surface area (Å²) in [5, 5.41) is 19.1. The van der Waals surface area contributed by atoms with Crippen molar-refractivity contribution in [2.75, 3.05) is 18.1 Å². The first-order valence-corrected chi connectivity index (χ1v) is 8.68. The maximum Gasteiger partial charge on any atom is 0.0613 e. The van der Waals surface area contributed by atoms with Crippen molar-refractivity contribution >= 4 is 23.5 Å². The molecule has 0 aromatic carbocycles. The van der Waals surface area contributed by atoms with Crippen LogP contribution in [0.5, 0.6) is 0 Å². The highest BCUT2D eigenvalue weighted by atomic mass is 32.2. The van der Waals surface area contributed by atoms with Crippen molar-refractivity contribution < 1.29 is 10.2 Å². The third-order valence-corrected chi connectivity index (χ3v) is 6.97. The molecule has 0 aliphatic carbocycles. The molecule has 0 unspecified atom stereocenters. The van der Waals surface area contributed by atoms with Crippen LogP contribution < -0.4 is 0 Å². The molecule has 4 heteroatoms. The minimum atomic E-state index is -0.374. The molecule has 2 nitrogen and oxygen atoms in total. The molecule has 1 aliphatic heterocycles. The van der Waals surface area contributed by atoms with Crippen LogP contribution >= 0.6 is 23.5 Å². The van der Waals surface area contributed by atoms with Gasteiger partial charge in [0.2, 0.25) is 0 Å². The van der Waals surface area contributed by atoms with E-state index < -0.39 is 0 Å². The van der Waals surface area contributed by atoms with Crippen molar-refractivity contribution in [3.63, 3.8) is 0 Å². The lowest BCUT2D eigenvalue weighted by Crippen LogP contribution is -2.30. The van der Waals surface area contributed by atoms with Crippen molar-refractivity contribution in [3.8, 4) is 0 Å². The van der Waals surface area contributed by atoms with Gasteiger partial charge in [-0.2, -0.15) is 0 Å². The van der Waals surface area contributed by atoms with Gasteiger partial charge in [0.25, 0.3) is 0 Å². The molecule has 0 spiro atoms. The summed E-state index contributed by atoms with van der Waals surface area (Å²) in [4.78, 5) is 0. The van der Waals surface area contributed by atoms with Gasteiger partial charge in [-0.15, -0.1) is 23.5 Å². The Morgan fingerprint density at radius 3 is 2.24 bits per heavy atom. The van der Waals surface area contributed by atoms with E-state index in [0.29, 0.717) is 10.5 Å². The van der Waals surface area contributed by atoms with E-state index in [0.717, 1.165) is 6.42 Å². The first-order valence-electron chi connectivity index (χ1n) is 6.58. The monoisotopic (exact) mass is 278 g/mol. The van der Waals surface area contributed by atoms with Gasteiger partial charge in [-0.05, 0) is 36.2 Å². The van der Waals surface area contributed by atoms with Crippen molar-refractivity contribution in [1.29, 1.82) is 0 Å². The van der Waals surface area contributed by atoms with Crippen LogP contribution in [-0.2, 0) is 0 Å². The average Bonchev–Trinajstić information content (AvgIpc) is 2.37. The van der Waals surface area contributed by atoms with Crippen LogP contribution in [0.3, 0.4) is 0 Å². The van der Waals surface area contributed by atoms with E-state index in [-0.39, 0.29) is 24.5 Å². The molecule has 1 fully saturated rings. The number of hydrogen-bond donors (Lipinski definition) is 2. The van der Waals surface area contributed by atoms with Crippen LogP contribution in [0, 0.1) is 17.8 Å². The Morgan fingerprint density at radius 2 is 1.71 bits per heavy atom. The topological polar surface area (TPSA) is 40.5 Å². The molecule has 1 heterocycles. The molecule has 0 radical (unpaired) electrons. The van der Waals surface area contributed by atoms with Gasteiger partial charge in [0.1, 0.15) is 0 Å². The van der Waals surface area contributed by atoms with Crippen LogP contribution in [0.4, 0.5) is 0 Å². The summed E-state index contributed by atoms with van der Waals surface area (Å²) in [5.74, 6) is 3.47. The predicted octanol–water partition coefficient (Wildman–Crippen LogP) is 2.83. The largest absolute Gasteiger partial charge is 0.396 e. The maximum absolute atomic E-state index is 10.1. The molecule has 0 amide bonds. The van der Waals surface area contributed by atoms with Gasteiger partial charge in [0.15, 0.2) is 0 Å². The molecule has 1 rings (SSSR count). The summed E-state index contributed by atoms with van der Waals surface area (Å²) in [6, 6.07) is 0. The van der Waals surface area contributed by atoms with Crippen molar-refractivity contribution in [3.05, 3.63) is 0 Å². The van der Waals surface area contributed by atoms with E-state index in [1.165, 1.54) is 17.9 Å². The number of rotatable bonds is 6. The molecule has 0 aromatic heterocycles. The van der Waals surface area contributed by atoms with Crippen molar-refractivity contribution in [2.24, 2.45) is 17.8 Å². The molecule has 0 bridgehead atoms. The van der Waals surface area contributed by atoms with E-state index >= 15 is 0 Å². The summed E-state index contributed by atoms with van der Waals surface area (Å²) < 4.78 is 0.697. The highest BCUT2D eigenvalue weighted by molar-refractivity contribution is 8.17. The van der Waals surface area contributed by atoms with E-state index in [2.05, 4.69) is 37.4 Å². The lowest BCUT2D eigenvalue weighted by atomic mass is 9.87. The SMILES string of the molecule is C[C@H](C[C@@H](C)[C@H](O)[C@H](C)CO)C1SCCCS1. The van der Waals surface area contributed by atoms with E-state index in [9.17, 15) is 5.11 Å². The lowest BCUT2D eigenvalue weighted by Gasteiger charge is -2.31. The first-order chi connectivity index (χ1) is 8.06. The smallest absolute Gasteiger partial charge is 0.0613 e. The van der Waals surface area contributed by atoms with E-state index in [4.69, 9.17) is 5.11 Å². The highest BCUT2D eigenvalue weighted by Crippen LogP contribution is 2.38. The second kappa shape index (κ2) is 7.93. The summed E-state index contributed by atoms with van der Waals surface area (Å²) >= 11 is 4.14. The number of thioether (sulfide) groups is 2. The Bertz CT molecular complexity index is 202. The average molecular weight is 278 g/mol. The zero-order chi connectivity index (χ0) is 12.8. The van der Waals surface area contributed by atoms with Gasteiger partial charge in [-0.1, -0.05) is 20.8 Å². The molecule has 17 heavy (non-hydrogen) atoms. The molecule has 4 atom stereocenters. The highest BCUT2D eigenvalue weighted by Gasteiger charge is 2.27. The Morgan fingerprint density at radius 1 is 1.12 bits per heavy atom. The summed E-state index contributed by atoms with van der Waals surface area (Å²) in [7, 11) is 0. The zero-order valence-corrected chi connectivity index (χ0v) is 12.8. The first kappa shape index (κ1) is 15.7. The molecule has 0 aromatic rings. The van der Waals surface area contributed by atoms with E-state index in [1.807, 2.05) is 6.92 Å². The summed E-state index contributed by atoms with van der Waals surface area (Å²) in [6.45, 7) is 6.39. The fraction of sp³-hybridized carbons (Fsp3) is 1.00. The minimum absolute atomic E-state index is 0.0103. The molecular weight excluding hydrogens is 252 g/mol. The summed E-state index contributed by atoms with van der Waals surface area (Å²) in [6.07, 6.45) is 2.01. The fourth-order valence-electron chi connectivity index (χ4n) is 2.34. The van der Waals surface area contributed by atoms with Crippen LogP contribution in [0.1, 0.15) is 33.6 Å². The number of aliphatic hydroxyl groups is 2. The quantitative estimate of drug-likeness (QED) is 0.784. The second-order valence-electron chi connectivity index (χ2n) is 5.30. The Kier molecular flexibility index (Phi) is 7.31. The number of aliphatic hydroxyl groups excluding tert-OH is 2. The van der Waals surface area contributed by atoms with Gasteiger partial charge in [0.05, 0.1) is 10.7 Å². The zero-order valence-electron chi connectivity index (χ0n) is 11.1. The summed E-state index contributed by atoms with van der Waals surface area (Å²) in [5.41, 5.74) is 0. The second-order valence-corrected chi connectivity index (χ2v) is 8.10. The third kappa shape index (κ3) is 5.01. The Balaban J connectivity index is 2.35.